The number of carboxylic acids is 1. The molecule has 7 heteroatoms. The Morgan fingerprint density at radius 3 is 2.89 bits per heavy atom. The maximum absolute atomic E-state index is 11.1. The number of carboxylic acid groups (broad SMARTS) is 1. The van der Waals surface area contributed by atoms with Crippen LogP contribution in [-0.2, 0) is 0 Å². The molecule has 94 valence electrons. The van der Waals surface area contributed by atoms with E-state index in [-0.39, 0.29) is 22.8 Å². The number of aromatic nitrogens is 2. The first-order valence-electron chi connectivity index (χ1n) is 5.04. The summed E-state index contributed by atoms with van der Waals surface area (Å²) in [5, 5.41) is 25.3. The van der Waals surface area contributed by atoms with Crippen LogP contribution < -0.4 is 4.74 Å². The van der Waals surface area contributed by atoms with Crippen LogP contribution in [0.3, 0.4) is 0 Å². The average Bonchev–Trinajstić information content (AvgIpc) is 2.41. The van der Waals surface area contributed by atoms with Crippen LogP contribution in [0.4, 0.5) is 0 Å². The first-order chi connectivity index (χ1) is 9.11. The maximum Gasteiger partial charge on any atom is 0.339 e. The zero-order chi connectivity index (χ0) is 13.8. The molecule has 6 nitrogen and oxygen atoms in total. The standard InChI is InChI=1S/C12H6BrN3O3/c13-8-1-2-10(9(5-8)12(17)18)19-11-7(6-14)3-4-15-16-11/h1-5H,(H,17,18). The molecule has 0 radical (unpaired) electrons. The third-order valence-corrected chi connectivity index (χ3v) is 2.68. The zero-order valence-electron chi connectivity index (χ0n) is 9.37. The lowest BCUT2D eigenvalue weighted by Crippen LogP contribution is -2.02. The molecular weight excluding hydrogens is 314 g/mol. The molecule has 2 aromatic rings. The van der Waals surface area contributed by atoms with Crippen molar-refractivity contribution >= 4 is 21.9 Å². The molecule has 0 saturated heterocycles. The molecule has 0 aliphatic rings. The van der Waals surface area contributed by atoms with Gasteiger partial charge in [0.25, 0.3) is 5.88 Å². The Balaban J connectivity index is 2.44. The van der Waals surface area contributed by atoms with Crippen molar-refractivity contribution in [1.29, 1.82) is 5.26 Å². The first kappa shape index (κ1) is 13.0. The summed E-state index contributed by atoms with van der Waals surface area (Å²) >= 11 is 3.18. The lowest BCUT2D eigenvalue weighted by atomic mass is 10.2. The van der Waals surface area contributed by atoms with Crippen LogP contribution in [0, 0.1) is 11.3 Å². The topological polar surface area (TPSA) is 96.1 Å². The minimum Gasteiger partial charge on any atom is -0.478 e. The molecule has 2 rings (SSSR count). The number of nitrogens with zero attached hydrogens (tertiary/aromatic N) is 3. The average molecular weight is 320 g/mol. The van der Waals surface area contributed by atoms with E-state index in [9.17, 15) is 4.79 Å². The van der Waals surface area contributed by atoms with E-state index in [4.69, 9.17) is 15.1 Å². The summed E-state index contributed by atoms with van der Waals surface area (Å²) in [5.41, 5.74) is 0.137. The highest BCUT2D eigenvalue weighted by molar-refractivity contribution is 9.10. The minimum absolute atomic E-state index is 0.0326. The highest BCUT2D eigenvalue weighted by atomic mass is 79.9. The van der Waals surface area contributed by atoms with E-state index in [1.807, 2.05) is 6.07 Å². The van der Waals surface area contributed by atoms with Gasteiger partial charge in [0, 0.05) is 4.47 Å². The van der Waals surface area contributed by atoms with Crippen LogP contribution in [0.5, 0.6) is 11.6 Å². The molecule has 0 bridgehead atoms. The Bertz CT molecular complexity index is 682. The minimum atomic E-state index is -1.14. The van der Waals surface area contributed by atoms with Crippen LogP contribution in [0.2, 0.25) is 0 Å². The summed E-state index contributed by atoms with van der Waals surface area (Å²) in [7, 11) is 0. The van der Waals surface area contributed by atoms with Gasteiger partial charge in [0.05, 0.1) is 6.20 Å². The van der Waals surface area contributed by atoms with E-state index >= 15 is 0 Å². The lowest BCUT2D eigenvalue weighted by molar-refractivity contribution is 0.0694. The van der Waals surface area contributed by atoms with E-state index in [0.717, 1.165) is 0 Å². The maximum atomic E-state index is 11.1. The second kappa shape index (κ2) is 5.46. The van der Waals surface area contributed by atoms with Gasteiger partial charge in [-0.25, -0.2) is 4.79 Å². The van der Waals surface area contributed by atoms with E-state index in [1.165, 1.54) is 24.4 Å². The molecule has 1 heterocycles. The van der Waals surface area contributed by atoms with Gasteiger partial charge in [-0.1, -0.05) is 15.9 Å². The monoisotopic (exact) mass is 319 g/mol. The van der Waals surface area contributed by atoms with Gasteiger partial charge >= 0.3 is 5.97 Å². The lowest BCUT2D eigenvalue weighted by Gasteiger charge is -2.08. The fourth-order valence-electron chi connectivity index (χ4n) is 1.34. The summed E-state index contributed by atoms with van der Waals surface area (Å²) in [4.78, 5) is 11.1. The number of aromatic carboxylic acids is 1. The quantitative estimate of drug-likeness (QED) is 0.934. The van der Waals surface area contributed by atoms with Crippen molar-refractivity contribution in [3.63, 3.8) is 0 Å². The van der Waals surface area contributed by atoms with Gasteiger partial charge in [0.1, 0.15) is 22.9 Å². The number of benzene rings is 1. The number of halogens is 1. The molecule has 1 aromatic carbocycles. The Hall–Kier alpha value is -2.46. The summed E-state index contributed by atoms with van der Waals surface area (Å²) in [5.74, 6) is -1.08. The number of nitriles is 1. The summed E-state index contributed by atoms with van der Waals surface area (Å²) in [6.45, 7) is 0. The highest BCUT2D eigenvalue weighted by Crippen LogP contribution is 2.28. The third-order valence-electron chi connectivity index (χ3n) is 2.19. The van der Waals surface area contributed by atoms with Gasteiger partial charge < -0.3 is 9.84 Å². The van der Waals surface area contributed by atoms with Gasteiger partial charge in [0.2, 0.25) is 0 Å². The molecule has 1 N–H and O–H groups in total. The van der Waals surface area contributed by atoms with Crippen LogP contribution in [-0.4, -0.2) is 21.3 Å². The number of hydrogen-bond acceptors (Lipinski definition) is 5. The Labute approximate surface area is 116 Å². The van der Waals surface area contributed by atoms with E-state index < -0.39 is 5.97 Å². The number of rotatable bonds is 3. The van der Waals surface area contributed by atoms with Gasteiger partial charge in [-0.2, -0.15) is 10.4 Å². The highest BCUT2D eigenvalue weighted by Gasteiger charge is 2.15. The van der Waals surface area contributed by atoms with E-state index in [1.54, 1.807) is 6.07 Å². The van der Waals surface area contributed by atoms with Crippen molar-refractivity contribution in [2.75, 3.05) is 0 Å². The Kier molecular flexibility index (Phi) is 3.73. The molecule has 0 fully saturated rings. The summed E-state index contributed by atoms with van der Waals surface area (Å²) in [6, 6.07) is 7.83. The van der Waals surface area contributed by atoms with Gasteiger partial charge in [-0.15, -0.1) is 5.10 Å². The third kappa shape index (κ3) is 2.86. The van der Waals surface area contributed by atoms with Crippen LogP contribution in [0.15, 0.2) is 34.9 Å². The number of hydrogen-bond donors (Lipinski definition) is 1. The SMILES string of the molecule is N#Cc1ccnnc1Oc1ccc(Br)cc1C(=O)O. The zero-order valence-corrected chi connectivity index (χ0v) is 11.0. The van der Waals surface area contributed by atoms with Crippen molar-refractivity contribution in [1.82, 2.24) is 10.2 Å². The van der Waals surface area contributed by atoms with Crippen LogP contribution in [0.25, 0.3) is 0 Å². The molecule has 0 amide bonds. The van der Waals surface area contributed by atoms with Gasteiger partial charge in [-0.05, 0) is 24.3 Å². The van der Waals surface area contributed by atoms with Crippen molar-refractivity contribution in [3.8, 4) is 17.7 Å². The molecule has 0 saturated carbocycles. The molecule has 0 aliphatic heterocycles. The summed E-state index contributed by atoms with van der Waals surface area (Å²) < 4.78 is 5.96. The summed E-state index contributed by atoms with van der Waals surface area (Å²) in [6.07, 6.45) is 1.35. The molecule has 19 heavy (non-hydrogen) atoms. The number of ether oxygens (including phenoxy) is 1. The fourth-order valence-corrected chi connectivity index (χ4v) is 1.70. The van der Waals surface area contributed by atoms with Crippen LogP contribution >= 0.6 is 15.9 Å². The van der Waals surface area contributed by atoms with Gasteiger partial charge in [0.15, 0.2) is 0 Å². The van der Waals surface area contributed by atoms with Crippen molar-refractivity contribution in [3.05, 3.63) is 46.1 Å². The normalized spacial score (nSPS) is 9.68. The molecular formula is C12H6BrN3O3. The van der Waals surface area contributed by atoms with E-state index in [2.05, 4.69) is 26.1 Å². The molecule has 0 atom stereocenters. The van der Waals surface area contributed by atoms with Crippen molar-refractivity contribution < 1.29 is 14.6 Å². The van der Waals surface area contributed by atoms with Gasteiger partial charge in [-0.3, -0.25) is 0 Å². The molecule has 1 aromatic heterocycles. The molecule has 0 aliphatic carbocycles. The second-order valence-corrected chi connectivity index (χ2v) is 4.33. The first-order valence-corrected chi connectivity index (χ1v) is 5.83. The van der Waals surface area contributed by atoms with Crippen LogP contribution in [0.1, 0.15) is 15.9 Å². The largest absolute Gasteiger partial charge is 0.478 e. The Morgan fingerprint density at radius 2 is 2.21 bits per heavy atom. The molecule has 0 spiro atoms. The predicted octanol–water partition coefficient (Wildman–Crippen LogP) is 2.60. The van der Waals surface area contributed by atoms with Crippen molar-refractivity contribution in [2.24, 2.45) is 0 Å². The van der Waals surface area contributed by atoms with Crippen molar-refractivity contribution in [2.45, 2.75) is 0 Å². The Morgan fingerprint density at radius 1 is 1.42 bits per heavy atom. The van der Waals surface area contributed by atoms with E-state index in [0.29, 0.717) is 4.47 Å². The number of carbonyl (C=O) groups is 1. The fraction of sp³-hybridized carbons (Fsp3) is 0. The molecule has 0 unspecified atom stereocenters. The predicted molar refractivity (Wildman–Crippen MR) is 67.9 cm³/mol. The second-order valence-electron chi connectivity index (χ2n) is 3.41. The smallest absolute Gasteiger partial charge is 0.339 e.